The molecule has 15 heavy (non-hydrogen) atoms. The van der Waals surface area contributed by atoms with Crippen LogP contribution in [0.5, 0.6) is 0 Å². The Bertz CT molecular complexity index is 361. The van der Waals surface area contributed by atoms with Crippen LogP contribution in [0, 0.1) is 0 Å². The second-order valence-corrected chi connectivity index (χ2v) is 4.91. The lowest BCUT2D eigenvalue weighted by Gasteiger charge is -2.22. The van der Waals surface area contributed by atoms with Crippen molar-refractivity contribution in [1.82, 2.24) is 5.32 Å². The maximum absolute atomic E-state index is 10.7. The van der Waals surface area contributed by atoms with Gasteiger partial charge in [-0.1, -0.05) is 6.92 Å². The van der Waals surface area contributed by atoms with Gasteiger partial charge >= 0.3 is 6.09 Å². The van der Waals surface area contributed by atoms with Crippen LogP contribution < -0.4 is 5.32 Å². The van der Waals surface area contributed by atoms with Crippen LogP contribution in [0.15, 0.2) is 11.4 Å². The zero-order chi connectivity index (χ0) is 10.8. The van der Waals surface area contributed by atoms with Crippen LogP contribution in [-0.4, -0.2) is 17.2 Å². The molecule has 1 heterocycles. The average Bonchev–Trinajstić information content (AvgIpc) is 2.74. The number of thiophene rings is 1. The van der Waals surface area contributed by atoms with E-state index < -0.39 is 6.09 Å². The van der Waals surface area contributed by atoms with Gasteiger partial charge in [0.2, 0.25) is 0 Å². The number of fused-ring (bicyclic) bond motifs is 1. The Hall–Kier alpha value is -1.03. The van der Waals surface area contributed by atoms with Crippen molar-refractivity contribution >= 4 is 17.4 Å². The number of rotatable bonds is 3. The van der Waals surface area contributed by atoms with Crippen molar-refractivity contribution in [3.8, 4) is 0 Å². The van der Waals surface area contributed by atoms with E-state index in [2.05, 4.69) is 16.8 Å². The number of aryl methyl sites for hydroxylation is 1. The summed E-state index contributed by atoms with van der Waals surface area (Å²) in [4.78, 5) is 12.1. The Morgan fingerprint density at radius 1 is 1.80 bits per heavy atom. The number of nitrogens with one attached hydrogen (secondary N) is 1. The van der Waals surface area contributed by atoms with Gasteiger partial charge in [0.25, 0.3) is 0 Å². The molecule has 0 spiro atoms. The van der Waals surface area contributed by atoms with Crippen LogP contribution >= 0.6 is 11.3 Å². The molecule has 2 unspecified atom stereocenters. The standard InChI is InChI=1S/C11H15NO2S/c1-2-9(12-11(13)14)7-3-4-10-8(7)5-6-15-10/h5-7,9,12H,2-4H2,1H3,(H,13,14). The first kappa shape index (κ1) is 10.5. The van der Waals surface area contributed by atoms with Gasteiger partial charge in [0.1, 0.15) is 0 Å². The summed E-state index contributed by atoms with van der Waals surface area (Å²) in [6, 6.07) is 2.21. The van der Waals surface area contributed by atoms with Crippen LogP contribution in [0.2, 0.25) is 0 Å². The number of carbonyl (C=O) groups is 1. The summed E-state index contributed by atoms with van der Waals surface area (Å²) in [7, 11) is 0. The fourth-order valence-corrected chi connectivity index (χ4v) is 3.36. The molecule has 0 aliphatic heterocycles. The van der Waals surface area contributed by atoms with Crippen molar-refractivity contribution in [1.29, 1.82) is 0 Å². The van der Waals surface area contributed by atoms with E-state index in [-0.39, 0.29) is 6.04 Å². The smallest absolute Gasteiger partial charge is 0.404 e. The highest BCUT2D eigenvalue weighted by Gasteiger charge is 2.30. The van der Waals surface area contributed by atoms with Crippen LogP contribution in [0.25, 0.3) is 0 Å². The van der Waals surface area contributed by atoms with Crippen molar-refractivity contribution in [2.45, 2.75) is 38.1 Å². The molecule has 82 valence electrons. The lowest BCUT2D eigenvalue weighted by Crippen LogP contribution is -2.37. The van der Waals surface area contributed by atoms with Crippen molar-refractivity contribution in [3.05, 3.63) is 21.9 Å². The summed E-state index contributed by atoms with van der Waals surface area (Å²) in [5.41, 5.74) is 1.36. The molecular weight excluding hydrogens is 210 g/mol. The van der Waals surface area contributed by atoms with Gasteiger partial charge < -0.3 is 10.4 Å². The summed E-state index contributed by atoms with van der Waals surface area (Å²) in [5, 5.41) is 13.5. The molecule has 4 heteroatoms. The Kier molecular flexibility index (Phi) is 2.95. The third-order valence-corrected chi connectivity index (χ3v) is 4.09. The maximum Gasteiger partial charge on any atom is 0.404 e. The Balaban J connectivity index is 2.14. The van der Waals surface area contributed by atoms with E-state index in [1.165, 1.54) is 10.4 Å². The monoisotopic (exact) mass is 225 g/mol. The highest BCUT2D eigenvalue weighted by Crippen LogP contribution is 2.39. The molecule has 1 aromatic rings. The lowest BCUT2D eigenvalue weighted by molar-refractivity contribution is 0.187. The number of carboxylic acid groups (broad SMARTS) is 1. The van der Waals surface area contributed by atoms with E-state index >= 15 is 0 Å². The normalized spacial score (nSPS) is 21.0. The van der Waals surface area contributed by atoms with Gasteiger partial charge in [-0.05, 0) is 36.3 Å². The topological polar surface area (TPSA) is 49.3 Å². The third-order valence-electron chi connectivity index (χ3n) is 3.10. The first-order chi connectivity index (χ1) is 7.22. The second kappa shape index (κ2) is 4.23. The van der Waals surface area contributed by atoms with Gasteiger partial charge in [-0.15, -0.1) is 11.3 Å². The summed E-state index contributed by atoms with van der Waals surface area (Å²) < 4.78 is 0. The summed E-state index contributed by atoms with van der Waals surface area (Å²) in [5.74, 6) is 0.382. The number of hydrogen-bond acceptors (Lipinski definition) is 2. The molecule has 0 aromatic carbocycles. The van der Waals surface area contributed by atoms with Crippen LogP contribution in [0.3, 0.4) is 0 Å². The first-order valence-electron chi connectivity index (χ1n) is 5.28. The predicted molar refractivity (Wildman–Crippen MR) is 60.6 cm³/mol. The zero-order valence-corrected chi connectivity index (χ0v) is 9.51. The molecule has 1 aliphatic rings. The van der Waals surface area contributed by atoms with Gasteiger partial charge in [-0.25, -0.2) is 4.79 Å². The molecule has 0 saturated heterocycles. The molecule has 2 atom stereocenters. The van der Waals surface area contributed by atoms with Gasteiger partial charge in [0.15, 0.2) is 0 Å². The van der Waals surface area contributed by atoms with Crippen molar-refractivity contribution < 1.29 is 9.90 Å². The van der Waals surface area contributed by atoms with Crippen LogP contribution in [0.1, 0.15) is 36.1 Å². The highest BCUT2D eigenvalue weighted by atomic mass is 32.1. The second-order valence-electron chi connectivity index (χ2n) is 3.91. The molecule has 0 saturated carbocycles. The molecule has 0 bridgehead atoms. The predicted octanol–water partition coefficient (Wildman–Crippen LogP) is 2.82. The zero-order valence-electron chi connectivity index (χ0n) is 8.69. The lowest BCUT2D eigenvalue weighted by atomic mass is 9.93. The number of amides is 1. The van der Waals surface area contributed by atoms with E-state index in [4.69, 9.17) is 5.11 Å². The molecule has 1 amide bonds. The minimum Gasteiger partial charge on any atom is -0.465 e. The Labute approximate surface area is 93.1 Å². The molecule has 1 aliphatic carbocycles. The van der Waals surface area contributed by atoms with E-state index in [1.54, 1.807) is 11.3 Å². The van der Waals surface area contributed by atoms with E-state index in [1.807, 2.05) is 6.92 Å². The fraction of sp³-hybridized carbons (Fsp3) is 0.545. The quantitative estimate of drug-likeness (QED) is 0.831. The summed E-state index contributed by atoms with van der Waals surface area (Å²) in [6.45, 7) is 2.03. The Morgan fingerprint density at radius 2 is 2.60 bits per heavy atom. The summed E-state index contributed by atoms with van der Waals surface area (Å²) in [6.07, 6.45) is 2.13. The molecular formula is C11H15NO2S. The molecule has 3 nitrogen and oxygen atoms in total. The SMILES string of the molecule is CCC(NC(=O)O)C1CCc2sccc21. The minimum absolute atomic E-state index is 0.0679. The average molecular weight is 225 g/mol. The highest BCUT2D eigenvalue weighted by molar-refractivity contribution is 7.10. The fourth-order valence-electron chi connectivity index (χ4n) is 2.39. The Morgan fingerprint density at radius 3 is 3.27 bits per heavy atom. The van der Waals surface area contributed by atoms with Crippen LogP contribution in [0.4, 0.5) is 4.79 Å². The summed E-state index contributed by atoms with van der Waals surface area (Å²) >= 11 is 1.79. The van der Waals surface area contributed by atoms with Crippen LogP contribution in [-0.2, 0) is 6.42 Å². The van der Waals surface area contributed by atoms with Gasteiger partial charge in [-0.2, -0.15) is 0 Å². The van der Waals surface area contributed by atoms with E-state index in [0.29, 0.717) is 5.92 Å². The van der Waals surface area contributed by atoms with Crippen molar-refractivity contribution in [2.75, 3.05) is 0 Å². The molecule has 0 radical (unpaired) electrons. The molecule has 0 fully saturated rings. The van der Waals surface area contributed by atoms with E-state index in [9.17, 15) is 4.79 Å². The molecule has 2 rings (SSSR count). The van der Waals surface area contributed by atoms with Gasteiger partial charge in [-0.3, -0.25) is 0 Å². The van der Waals surface area contributed by atoms with Crippen molar-refractivity contribution in [3.63, 3.8) is 0 Å². The maximum atomic E-state index is 10.7. The number of hydrogen-bond donors (Lipinski definition) is 2. The third kappa shape index (κ3) is 2.00. The molecule has 2 N–H and O–H groups in total. The minimum atomic E-state index is -0.912. The van der Waals surface area contributed by atoms with E-state index in [0.717, 1.165) is 19.3 Å². The molecule has 1 aromatic heterocycles. The van der Waals surface area contributed by atoms with Gasteiger partial charge in [0, 0.05) is 16.8 Å². The van der Waals surface area contributed by atoms with Gasteiger partial charge in [0.05, 0.1) is 0 Å². The largest absolute Gasteiger partial charge is 0.465 e. The first-order valence-corrected chi connectivity index (χ1v) is 6.16. The van der Waals surface area contributed by atoms with Crippen molar-refractivity contribution in [2.24, 2.45) is 0 Å².